The van der Waals surface area contributed by atoms with Crippen LogP contribution in [0.2, 0.25) is 0 Å². The second-order valence-corrected chi connectivity index (χ2v) is 7.14. The average Bonchev–Trinajstić information content (AvgIpc) is 2.72. The van der Waals surface area contributed by atoms with E-state index in [1.165, 1.54) is 19.6 Å². The predicted molar refractivity (Wildman–Crippen MR) is 112 cm³/mol. The number of ether oxygens (including phenoxy) is 3. The summed E-state index contributed by atoms with van der Waals surface area (Å²) in [4.78, 5) is 22.9. The van der Waals surface area contributed by atoms with Crippen molar-refractivity contribution in [1.29, 1.82) is 0 Å². The highest BCUT2D eigenvalue weighted by molar-refractivity contribution is 5.75. The first-order chi connectivity index (χ1) is 14.1. The highest BCUT2D eigenvalue weighted by atomic mass is 16.6. The number of rotatable bonds is 16. The summed E-state index contributed by atoms with van der Waals surface area (Å²) in [5, 5.41) is 8.88. The smallest absolute Gasteiger partial charge is 0.335 e. The molecule has 0 saturated heterocycles. The Kier molecular flexibility index (Phi) is 13.8. The van der Waals surface area contributed by atoms with Gasteiger partial charge in [0.05, 0.1) is 13.7 Å². The van der Waals surface area contributed by atoms with Crippen molar-refractivity contribution in [1.82, 2.24) is 0 Å². The molecule has 0 bridgehead atoms. The fourth-order valence-electron chi connectivity index (χ4n) is 3.15. The number of aliphatic hydroxyl groups excluding tert-OH is 1. The summed E-state index contributed by atoms with van der Waals surface area (Å²) >= 11 is 0. The van der Waals surface area contributed by atoms with Gasteiger partial charge in [-0.3, -0.25) is 4.79 Å². The second kappa shape index (κ2) is 15.9. The van der Waals surface area contributed by atoms with Gasteiger partial charge >= 0.3 is 11.9 Å². The molecule has 1 atom stereocenters. The fourth-order valence-corrected chi connectivity index (χ4v) is 3.15. The molecule has 0 spiro atoms. The van der Waals surface area contributed by atoms with Gasteiger partial charge in [-0.1, -0.05) is 37.1 Å². The van der Waals surface area contributed by atoms with E-state index in [1.54, 1.807) is 0 Å². The summed E-state index contributed by atoms with van der Waals surface area (Å²) in [6.45, 7) is 2.53. The van der Waals surface area contributed by atoms with Gasteiger partial charge in [0.2, 0.25) is 0 Å². The van der Waals surface area contributed by atoms with Crippen molar-refractivity contribution >= 4 is 11.9 Å². The number of methoxy groups -OCH3 is 1. The van der Waals surface area contributed by atoms with E-state index >= 15 is 0 Å². The van der Waals surface area contributed by atoms with Crippen LogP contribution in [0.4, 0.5) is 0 Å². The number of esters is 2. The maximum atomic E-state index is 12.2. The molecular formula is C23H36O6. The number of aryl methyl sites for hydroxylation is 1. The Labute approximate surface area is 174 Å². The summed E-state index contributed by atoms with van der Waals surface area (Å²) in [7, 11) is 1.38. The molecule has 0 fully saturated rings. The minimum atomic E-state index is -0.621. The normalized spacial score (nSPS) is 11.8. The van der Waals surface area contributed by atoms with Gasteiger partial charge in [-0.05, 0) is 49.7 Å². The van der Waals surface area contributed by atoms with Crippen molar-refractivity contribution in [2.75, 3.05) is 26.9 Å². The van der Waals surface area contributed by atoms with Crippen molar-refractivity contribution in [3.05, 3.63) is 35.4 Å². The molecule has 6 nitrogen and oxygen atoms in total. The summed E-state index contributed by atoms with van der Waals surface area (Å²) in [5.74, 6) is -0.623. The van der Waals surface area contributed by atoms with Crippen molar-refractivity contribution in [3.8, 4) is 0 Å². The first kappa shape index (κ1) is 25.1. The third-order valence-electron chi connectivity index (χ3n) is 4.76. The van der Waals surface area contributed by atoms with Gasteiger partial charge in [-0.2, -0.15) is 0 Å². The Hall–Kier alpha value is -1.92. The van der Waals surface area contributed by atoms with Crippen LogP contribution in [0.3, 0.4) is 0 Å². The Balaban J connectivity index is 2.49. The second-order valence-electron chi connectivity index (χ2n) is 7.14. The minimum Gasteiger partial charge on any atom is -0.467 e. The highest BCUT2D eigenvalue weighted by Gasteiger charge is 2.21. The average molecular weight is 409 g/mol. The van der Waals surface area contributed by atoms with Crippen LogP contribution in [0.5, 0.6) is 0 Å². The molecule has 0 aliphatic carbocycles. The molecule has 0 heterocycles. The van der Waals surface area contributed by atoms with Crippen LogP contribution in [-0.2, 0) is 36.6 Å². The molecule has 0 aromatic heterocycles. The van der Waals surface area contributed by atoms with E-state index in [9.17, 15) is 9.59 Å². The first-order valence-corrected chi connectivity index (χ1v) is 10.6. The largest absolute Gasteiger partial charge is 0.467 e. The number of hydrogen-bond donors (Lipinski definition) is 1. The Morgan fingerprint density at radius 3 is 2.28 bits per heavy atom. The van der Waals surface area contributed by atoms with Crippen molar-refractivity contribution < 1.29 is 28.9 Å². The Morgan fingerprint density at radius 1 is 0.931 bits per heavy atom. The summed E-state index contributed by atoms with van der Waals surface area (Å²) in [6.07, 6.45) is 7.28. The zero-order valence-corrected chi connectivity index (χ0v) is 17.9. The molecular weight excluding hydrogens is 372 g/mol. The maximum absolute atomic E-state index is 12.2. The van der Waals surface area contributed by atoms with Crippen LogP contribution >= 0.6 is 0 Å². The topological polar surface area (TPSA) is 82.1 Å². The first-order valence-electron chi connectivity index (χ1n) is 10.6. The molecule has 0 amide bonds. The van der Waals surface area contributed by atoms with Gasteiger partial charge < -0.3 is 19.3 Å². The molecule has 0 radical (unpaired) electrons. The van der Waals surface area contributed by atoms with Crippen LogP contribution in [-0.4, -0.2) is 50.1 Å². The van der Waals surface area contributed by atoms with Crippen LogP contribution in [0, 0.1) is 0 Å². The number of unbranched alkanes of at least 4 members (excludes halogenated alkanes) is 5. The SMILES string of the molecule is COC(=O)C(Cc1ccccc1CCCCCCO)OCCCCCOC(C)=O. The zero-order valence-electron chi connectivity index (χ0n) is 17.9. The van der Waals surface area contributed by atoms with Crippen LogP contribution in [0.25, 0.3) is 0 Å². The van der Waals surface area contributed by atoms with Gasteiger partial charge in [0.1, 0.15) is 0 Å². The maximum Gasteiger partial charge on any atom is 0.335 e. The molecule has 1 N–H and O–H groups in total. The van der Waals surface area contributed by atoms with Crippen molar-refractivity contribution in [2.45, 2.75) is 70.8 Å². The molecule has 0 aliphatic heterocycles. The van der Waals surface area contributed by atoms with Crippen LogP contribution < -0.4 is 0 Å². The monoisotopic (exact) mass is 408 g/mol. The number of carbonyl (C=O) groups is 2. The van der Waals surface area contributed by atoms with Crippen LogP contribution in [0.15, 0.2) is 24.3 Å². The van der Waals surface area contributed by atoms with Gasteiger partial charge in [0.15, 0.2) is 6.10 Å². The number of hydrogen-bond acceptors (Lipinski definition) is 6. The van der Waals surface area contributed by atoms with Gasteiger partial charge in [-0.15, -0.1) is 0 Å². The number of aliphatic hydroxyl groups is 1. The Morgan fingerprint density at radius 2 is 1.59 bits per heavy atom. The molecule has 6 heteroatoms. The zero-order chi connectivity index (χ0) is 21.3. The predicted octanol–water partition coefficient (Wildman–Crippen LogP) is 3.62. The van der Waals surface area contributed by atoms with Crippen molar-refractivity contribution in [2.24, 2.45) is 0 Å². The molecule has 1 unspecified atom stereocenters. The van der Waals surface area contributed by atoms with Gasteiger partial charge in [0, 0.05) is 26.6 Å². The third-order valence-corrected chi connectivity index (χ3v) is 4.76. The van der Waals surface area contributed by atoms with Crippen LogP contribution in [0.1, 0.15) is 63.0 Å². The molecule has 0 aliphatic rings. The lowest BCUT2D eigenvalue weighted by atomic mass is 9.97. The van der Waals surface area contributed by atoms with E-state index in [1.807, 2.05) is 18.2 Å². The summed E-state index contributed by atoms with van der Waals surface area (Å²) < 4.78 is 15.7. The molecule has 1 aromatic rings. The van der Waals surface area contributed by atoms with E-state index in [4.69, 9.17) is 19.3 Å². The van der Waals surface area contributed by atoms with Crippen molar-refractivity contribution in [3.63, 3.8) is 0 Å². The van der Waals surface area contributed by atoms with E-state index in [2.05, 4.69) is 6.07 Å². The molecule has 1 rings (SSSR count). The molecule has 164 valence electrons. The molecule has 29 heavy (non-hydrogen) atoms. The van der Waals surface area contributed by atoms with E-state index in [-0.39, 0.29) is 18.5 Å². The fraction of sp³-hybridized carbons (Fsp3) is 0.652. The quantitative estimate of drug-likeness (QED) is 0.332. The number of carbonyl (C=O) groups excluding carboxylic acids is 2. The number of benzene rings is 1. The lowest BCUT2D eigenvalue weighted by Gasteiger charge is -2.18. The Bertz CT molecular complexity index is 586. The van der Waals surface area contributed by atoms with E-state index < -0.39 is 6.10 Å². The highest BCUT2D eigenvalue weighted by Crippen LogP contribution is 2.17. The van der Waals surface area contributed by atoms with Gasteiger partial charge in [0.25, 0.3) is 0 Å². The summed E-state index contributed by atoms with van der Waals surface area (Å²) in [6, 6.07) is 8.14. The minimum absolute atomic E-state index is 0.248. The lowest BCUT2D eigenvalue weighted by Crippen LogP contribution is -2.29. The lowest BCUT2D eigenvalue weighted by molar-refractivity contribution is -0.154. The summed E-state index contributed by atoms with van der Waals surface area (Å²) in [5.41, 5.74) is 2.34. The third kappa shape index (κ3) is 11.6. The van der Waals surface area contributed by atoms with E-state index in [0.29, 0.717) is 19.6 Å². The van der Waals surface area contributed by atoms with Gasteiger partial charge in [-0.25, -0.2) is 4.79 Å². The van der Waals surface area contributed by atoms with E-state index in [0.717, 1.165) is 56.9 Å². The standard InChI is InChI=1S/C23H36O6/c1-19(25)28-16-10-5-11-17-29-22(23(26)27-2)18-21-14-8-7-13-20(21)12-6-3-4-9-15-24/h7-8,13-14,22,24H,3-6,9-12,15-18H2,1-2H3. The molecule has 0 saturated carbocycles. The molecule has 1 aromatic carbocycles.